The zero-order chi connectivity index (χ0) is 22.1. The minimum Gasteiger partial charge on any atom is -0.206 e. The number of aliphatic imine (C=N–C) groups is 1. The molecule has 0 aliphatic carbocycles. The van der Waals surface area contributed by atoms with E-state index in [1.807, 2.05) is 29.4 Å². The molecule has 0 aliphatic rings. The Hall–Kier alpha value is -3.12. The van der Waals surface area contributed by atoms with Crippen LogP contribution in [0.5, 0.6) is 0 Å². The van der Waals surface area contributed by atoms with Crippen LogP contribution in [-0.2, 0) is 6.42 Å². The molecule has 1 nitrogen and oxygen atoms in total. The van der Waals surface area contributed by atoms with Gasteiger partial charge in [0.1, 0.15) is 11.5 Å². The zero-order valence-electron chi connectivity index (χ0n) is 17.4. The zero-order valence-corrected chi connectivity index (χ0v) is 18.2. The van der Waals surface area contributed by atoms with Gasteiger partial charge in [-0.05, 0) is 59.9 Å². The lowest BCUT2D eigenvalue weighted by Crippen LogP contribution is -1.88. The predicted octanol–water partition coefficient (Wildman–Crippen LogP) is 7.89. The van der Waals surface area contributed by atoms with Crippen LogP contribution in [0.2, 0.25) is 0 Å². The van der Waals surface area contributed by atoms with E-state index in [1.165, 1.54) is 31.2 Å². The van der Waals surface area contributed by atoms with Crippen LogP contribution in [0.15, 0.2) is 65.7 Å². The molecule has 3 rings (SSSR count). The van der Waals surface area contributed by atoms with Gasteiger partial charge in [0.15, 0.2) is 5.82 Å². The summed E-state index contributed by atoms with van der Waals surface area (Å²) in [6.07, 6.45) is 6.17. The van der Waals surface area contributed by atoms with Crippen LogP contribution in [0.1, 0.15) is 49.3 Å². The molecule has 0 heterocycles. The summed E-state index contributed by atoms with van der Waals surface area (Å²) in [5, 5.41) is 2.03. The number of isothiocyanates is 1. The van der Waals surface area contributed by atoms with Crippen molar-refractivity contribution in [1.82, 2.24) is 0 Å². The van der Waals surface area contributed by atoms with Crippen molar-refractivity contribution in [2.75, 3.05) is 0 Å². The monoisotopic (exact) mass is 431 g/mol. The molecular formula is C27H23F2NS. The minimum absolute atomic E-state index is 0.0283. The average Bonchev–Trinajstić information content (AvgIpc) is 2.79. The van der Waals surface area contributed by atoms with Crippen LogP contribution < -0.4 is 0 Å². The third-order valence-corrected chi connectivity index (χ3v) is 5.13. The Morgan fingerprint density at radius 1 is 0.806 bits per heavy atom. The van der Waals surface area contributed by atoms with Crippen molar-refractivity contribution in [2.45, 2.75) is 39.0 Å². The number of hydrogen-bond donors (Lipinski definition) is 0. The van der Waals surface area contributed by atoms with Crippen molar-refractivity contribution in [3.63, 3.8) is 0 Å². The van der Waals surface area contributed by atoms with Gasteiger partial charge in [0.2, 0.25) is 0 Å². The molecule has 0 amide bonds. The number of nitrogens with zero attached hydrogens (tertiary/aromatic N) is 1. The number of benzene rings is 3. The van der Waals surface area contributed by atoms with Gasteiger partial charge < -0.3 is 0 Å². The smallest absolute Gasteiger partial charge is 0.151 e. The number of halogens is 2. The van der Waals surface area contributed by atoms with E-state index in [0.717, 1.165) is 35.2 Å². The second-order valence-corrected chi connectivity index (χ2v) is 7.50. The first-order valence-corrected chi connectivity index (χ1v) is 10.8. The fourth-order valence-electron chi connectivity index (χ4n) is 3.27. The third-order valence-electron chi connectivity index (χ3n) is 5.04. The molecule has 0 aromatic heterocycles. The fraction of sp³-hybridized carbons (Fsp3) is 0.222. The second kappa shape index (κ2) is 11.3. The first-order valence-electron chi connectivity index (χ1n) is 10.4. The largest absolute Gasteiger partial charge is 0.206 e. The summed E-state index contributed by atoms with van der Waals surface area (Å²) in [7, 11) is 0. The molecule has 0 aliphatic heterocycles. The molecule has 0 radical (unpaired) electrons. The number of rotatable bonds is 7. The van der Waals surface area contributed by atoms with Crippen LogP contribution in [0.25, 0.3) is 11.1 Å². The summed E-state index contributed by atoms with van der Waals surface area (Å²) in [6, 6.07) is 18.3. The first kappa shape index (κ1) is 22.6. The Labute approximate surface area is 187 Å². The SMILES string of the molecule is CCCCCCc1ccc(-c2ccc(C#Cc3cc(F)c(N=C=S)cc3F)cc2)cc1. The fourth-order valence-corrected chi connectivity index (χ4v) is 3.37. The van der Waals surface area contributed by atoms with Gasteiger partial charge >= 0.3 is 0 Å². The molecule has 3 aromatic rings. The number of thiocarbonyl (C=S) groups is 1. The maximum atomic E-state index is 14.1. The normalized spacial score (nSPS) is 10.2. The van der Waals surface area contributed by atoms with E-state index >= 15 is 0 Å². The second-order valence-electron chi connectivity index (χ2n) is 7.32. The van der Waals surface area contributed by atoms with E-state index < -0.39 is 11.6 Å². The van der Waals surface area contributed by atoms with Crippen LogP contribution >= 0.6 is 12.2 Å². The molecule has 0 saturated heterocycles. The summed E-state index contributed by atoms with van der Waals surface area (Å²) < 4.78 is 28.0. The van der Waals surface area contributed by atoms with Gasteiger partial charge in [-0.3, -0.25) is 0 Å². The third kappa shape index (κ3) is 6.43. The summed E-state index contributed by atoms with van der Waals surface area (Å²) in [6.45, 7) is 2.22. The Morgan fingerprint density at radius 3 is 2.13 bits per heavy atom. The van der Waals surface area contributed by atoms with E-state index in [-0.39, 0.29) is 11.3 Å². The highest BCUT2D eigenvalue weighted by Gasteiger charge is 2.07. The number of aryl methyl sites for hydroxylation is 1. The predicted molar refractivity (Wildman–Crippen MR) is 127 cm³/mol. The molecule has 0 unspecified atom stereocenters. The van der Waals surface area contributed by atoms with E-state index in [1.54, 1.807) is 0 Å². The van der Waals surface area contributed by atoms with Gasteiger partial charge in [-0.2, -0.15) is 4.99 Å². The van der Waals surface area contributed by atoms with Crippen LogP contribution in [0.3, 0.4) is 0 Å². The lowest BCUT2D eigenvalue weighted by Gasteiger charge is -2.05. The van der Waals surface area contributed by atoms with Crippen molar-refractivity contribution >= 4 is 23.1 Å². The highest BCUT2D eigenvalue weighted by Crippen LogP contribution is 2.23. The maximum Gasteiger partial charge on any atom is 0.151 e. The van der Waals surface area contributed by atoms with Crippen molar-refractivity contribution in [2.24, 2.45) is 4.99 Å². The molecule has 3 aromatic carbocycles. The molecule has 156 valence electrons. The van der Waals surface area contributed by atoms with E-state index in [9.17, 15) is 8.78 Å². The maximum absolute atomic E-state index is 14.1. The summed E-state index contributed by atoms with van der Waals surface area (Å²) >= 11 is 4.43. The Bertz CT molecular complexity index is 1130. The summed E-state index contributed by atoms with van der Waals surface area (Å²) in [4.78, 5) is 3.49. The van der Waals surface area contributed by atoms with Gasteiger partial charge in [0.25, 0.3) is 0 Å². The van der Waals surface area contributed by atoms with Gasteiger partial charge in [-0.25, -0.2) is 8.78 Å². The lowest BCUT2D eigenvalue weighted by atomic mass is 10.0. The van der Waals surface area contributed by atoms with Crippen molar-refractivity contribution in [3.8, 4) is 23.0 Å². The molecule has 0 atom stereocenters. The highest BCUT2D eigenvalue weighted by molar-refractivity contribution is 7.78. The van der Waals surface area contributed by atoms with Crippen molar-refractivity contribution < 1.29 is 8.78 Å². The summed E-state index contributed by atoms with van der Waals surface area (Å²) in [5.41, 5.74) is 4.09. The standard InChI is InChI=1S/C27H23F2NS/c1-2-3-4-5-6-20-7-12-22(13-8-20)23-14-9-21(10-15-23)11-16-24-17-26(29)27(30-19-31)18-25(24)28/h7-10,12-15,17-18H,2-6H2,1H3. The molecule has 0 spiro atoms. The summed E-state index contributed by atoms with van der Waals surface area (Å²) in [5.74, 6) is 4.22. The Kier molecular flexibility index (Phi) is 8.24. The van der Waals surface area contributed by atoms with Crippen molar-refractivity contribution in [3.05, 3.63) is 89.0 Å². The van der Waals surface area contributed by atoms with Crippen LogP contribution in [0.4, 0.5) is 14.5 Å². The number of hydrogen-bond acceptors (Lipinski definition) is 2. The highest BCUT2D eigenvalue weighted by atomic mass is 32.1. The molecule has 4 heteroatoms. The molecule has 31 heavy (non-hydrogen) atoms. The molecule has 0 saturated carbocycles. The van der Waals surface area contributed by atoms with Gasteiger partial charge in [-0.1, -0.05) is 74.4 Å². The molecular weight excluding hydrogens is 408 g/mol. The molecule has 0 N–H and O–H groups in total. The van der Waals surface area contributed by atoms with E-state index in [0.29, 0.717) is 0 Å². The van der Waals surface area contributed by atoms with Crippen LogP contribution in [-0.4, -0.2) is 5.16 Å². The Balaban J connectivity index is 1.69. The van der Waals surface area contributed by atoms with Gasteiger partial charge in [-0.15, -0.1) is 0 Å². The topological polar surface area (TPSA) is 12.4 Å². The Morgan fingerprint density at radius 2 is 1.48 bits per heavy atom. The minimum atomic E-state index is -0.688. The lowest BCUT2D eigenvalue weighted by molar-refractivity contribution is 0.599. The molecule has 0 bridgehead atoms. The van der Waals surface area contributed by atoms with Gasteiger partial charge in [0, 0.05) is 11.6 Å². The van der Waals surface area contributed by atoms with E-state index in [4.69, 9.17) is 0 Å². The first-order chi connectivity index (χ1) is 15.1. The quantitative estimate of drug-likeness (QED) is 0.160. The van der Waals surface area contributed by atoms with Gasteiger partial charge in [0.05, 0.1) is 10.7 Å². The number of unbranched alkanes of at least 4 members (excludes halogenated alkanes) is 3. The molecule has 0 fully saturated rings. The van der Waals surface area contributed by atoms with Crippen molar-refractivity contribution in [1.29, 1.82) is 0 Å². The van der Waals surface area contributed by atoms with Crippen LogP contribution in [0, 0.1) is 23.5 Å². The average molecular weight is 432 g/mol. The van der Waals surface area contributed by atoms with E-state index in [2.05, 4.69) is 60.2 Å².